The van der Waals surface area contributed by atoms with Gasteiger partial charge in [0.2, 0.25) is 0 Å². The van der Waals surface area contributed by atoms with Crippen molar-refractivity contribution >= 4 is 17.3 Å². The van der Waals surface area contributed by atoms with Crippen LogP contribution in [0.4, 0.5) is 10.1 Å². The molecule has 1 aliphatic rings. The lowest BCUT2D eigenvalue weighted by Gasteiger charge is -2.14. The van der Waals surface area contributed by atoms with Crippen molar-refractivity contribution in [2.24, 2.45) is 0 Å². The molecule has 0 aromatic heterocycles. The topological polar surface area (TPSA) is 24.1 Å². The number of hydrogen-bond acceptors (Lipinski definition) is 2. The molecule has 76 valence electrons. The second-order valence-corrected chi connectivity index (χ2v) is 3.84. The van der Waals surface area contributed by atoms with Gasteiger partial charge in [0.15, 0.2) is 0 Å². The van der Waals surface area contributed by atoms with E-state index in [-0.39, 0.29) is 11.9 Å². The molecule has 1 saturated heterocycles. The summed E-state index contributed by atoms with van der Waals surface area (Å²) in [6.07, 6.45) is 1.00. The number of rotatable bonds is 2. The maximum absolute atomic E-state index is 13.3. The second kappa shape index (κ2) is 4.15. The van der Waals surface area contributed by atoms with Crippen LogP contribution in [0.5, 0.6) is 0 Å². The first-order valence-electron chi connectivity index (χ1n) is 4.68. The van der Waals surface area contributed by atoms with Crippen LogP contribution in [-0.2, 0) is 0 Å². The van der Waals surface area contributed by atoms with Crippen molar-refractivity contribution in [3.8, 4) is 0 Å². The fourth-order valence-electron chi connectivity index (χ4n) is 1.62. The molecule has 2 N–H and O–H groups in total. The van der Waals surface area contributed by atoms with E-state index in [9.17, 15) is 4.39 Å². The summed E-state index contributed by atoms with van der Waals surface area (Å²) in [7, 11) is 0. The van der Waals surface area contributed by atoms with Crippen molar-refractivity contribution in [2.75, 3.05) is 18.4 Å². The molecular weight excluding hydrogens is 203 g/mol. The predicted molar refractivity (Wildman–Crippen MR) is 56.3 cm³/mol. The number of nitrogens with one attached hydrogen (secondary N) is 2. The molecule has 1 heterocycles. The number of para-hydroxylation sites is 1. The van der Waals surface area contributed by atoms with E-state index in [0.29, 0.717) is 10.7 Å². The minimum Gasteiger partial charge on any atom is -0.377 e. The van der Waals surface area contributed by atoms with Crippen molar-refractivity contribution in [1.82, 2.24) is 5.32 Å². The fraction of sp³-hybridized carbons (Fsp3) is 0.400. The normalized spacial score (nSPS) is 21.1. The van der Waals surface area contributed by atoms with Crippen molar-refractivity contribution in [3.63, 3.8) is 0 Å². The molecule has 0 spiro atoms. The van der Waals surface area contributed by atoms with Gasteiger partial charge in [-0.2, -0.15) is 0 Å². The van der Waals surface area contributed by atoms with Crippen molar-refractivity contribution < 1.29 is 4.39 Å². The van der Waals surface area contributed by atoms with E-state index in [0.717, 1.165) is 19.5 Å². The van der Waals surface area contributed by atoms with E-state index in [2.05, 4.69) is 10.6 Å². The van der Waals surface area contributed by atoms with Gasteiger partial charge < -0.3 is 10.6 Å². The Hall–Kier alpha value is -0.800. The molecule has 1 fully saturated rings. The number of halogens is 2. The van der Waals surface area contributed by atoms with E-state index in [4.69, 9.17) is 11.6 Å². The largest absolute Gasteiger partial charge is 0.377 e. The minimum atomic E-state index is -0.288. The lowest BCUT2D eigenvalue weighted by atomic mass is 10.2. The van der Waals surface area contributed by atoms with Gasteiger partial charge in [0, 0.05) is 12.6 Å². The average Bonchev–Trinajstić information content (AvgIpc) is 2.64. The summed E-state index contributed by atoms with van der Waals surface area (Å²) in [6.45, 7) is 1.84. The molecule has 0 bridgehead atoms. The molecule has 4 heteroatoms. The summed E-state index contributed by atoms with van der Waals surface area (Å²) >= 11 is 5.89. The van der Waals surface area contributed by atoms with Gasteiger partial charge in [0.05, 0.1) is 10.7 Å². The van der Waals surface area contributed by atoms with Crippen LogP contribution in [0.25, 0.3) is 0 Å². The highest BCUT2D eigenvalue weighted by Crippen LogP contribution is 2.25. The van der Waals surface area contributed by atoms with E-state index in [1.165, 1.54) is 6.07 Å². The zero-order valence-corrected chi connectivity index (χ0v) is 8.44. The molecular formula is C10H12ClFN2. The van der Waals surface area contributed by atoms with Crippen LogP contribution in [0.15, 0.2) is 18.2 Å². The van der Waals surface area contributed by atoms with E-state index >= 15 is 0 Å². The molecule has 0 aliphatic carbocycles. The Bertz CT molecular complexity index is 304. The monoisotopic (exact) mass is 214 g/mol. The predicted octanol–water partition coefficient (Wildman–Crippen LogP) is 2.25. The molecule has 0 amide bonds. The van der Waals surface area contributed by atoms with Crippen molar-refractivity contribution in [3.05, 3.63) is 29.0 Å². The lowest BCUT2D eigenvalue weighted by molar-refractivity contribution is 0.626. The van der Waals surface area contributed by atoms with Crippen LogP contribution in [0.3, 0.4) is 0 Å². The van der Waals surface area contributed by atoms with Crippen LogP contribution in [-0.4, -0.2) is 19.1 Å². The zero-order chi connectivity index (χ0) is 9.97. The quantitative estimate of drug-likeness (QED) is 0.789. The van der Waals surface area contributed by atoms with Crippen LogP contribution >= 0.6 is 11.6 Å². The van der Waals surface area contributed by atoms with Crippen LogP contribution < -0.4 is 10.6 Å². The van der Waals surface area contributed by atoms with Gasteiger partial charge in [0.25, 0.3) is 0 Å². The third-order valence-electron chi connectivity index (χ3n) is 2.37. The zero-order valence-electron chi connectivity index (χ0n) is 7.69. The summed E-state index contributed by atoms with van der Waals surface area (Å²) in [6, 6.07) is 4.99. The van der Waals surface area contributed by atoms with Gasteiger partial charge in [-0.1, -0.05) is 17.7 Å². The Morgan fingerprint density at radius 1 is 1.50 bits per heavy atom. The first kappa shape index (κ1) is 9.74. The molecule has 14 heavy (non-hydrogen) atoms. The third kappa shape index (κ3) is 1.99. The molecule has 2 nitrogen and oxygen atoms in total. The van der Waals surface area contributed by atoms with Gasteiger partial charge >= 0.3 is 0 Å². The Morgan fingerprint density at radius 2 is 2.36 bits per heavy atom. The molecule has 1 unspecified atom stereocenters. The Morgan fingerprint density at radius 3 is 3.00 bits per heavy atom. The molecule has 1 aliphatic heterocycles. The first-order chi connectivity index (χ1) is 6.77. The molecule has 2 rings (SSSR count). The van der Waals surface area contributed by atoms with Crippen LogP contribution in [0.1, 0.15) is 6.42 Å². The molecule has 0 radical (unpaired) electrons. The average molecular weight is 215 g/mol. The fourth-order valence-corrected chi connectivity index (χ4v) is 1.84. The van der Waals surface area contributed by atoms with Gasteiger partial charge in [-0.3, -0.25) is 0 Å². The SMILES string of the molecule is Fc1cccc(Cl)c1NC1CCNC1. The standard InChI is InChI=1S/C10H12ClFN2/c11-8-2-1-3-9(12)10(8)14-7-4-5-13-6-7/h1-3,7,13-14H,4-6H2. The van der Waals surface area contributed by atoms with Gasteiger partial charge in [0.1, 0.15) is 5.82 Å². The highest BCUT2D eigenvalue weighted by Gasteiger charge is 2.16. The van der Waals surface area contributed by atoms with E-state index in [1.807, 2.05) is 0 Å². The second-order valence-electron chi connectivity index (χ2n) is 3.43. The molecule has 1 atom stereocenters. The summed E-state index contributed by atoms with van der Waals surface area (Å²) < 4.78 is 13.3. The lowest BCUT2D eigenvalue weighted by Crippen LogP contribution is -2.22. The van der Waals surface area contributed by atoms with Crippen molar-refractivity contribution in [2.45, 2.75) is 12.5 Å². The number of benzene rings is 1. The molecule has 1 aromatic rings. The Kier molecular flexibility index (Phi) is 2.89. The van der Waals surface area contributed by atoms with Crippen LogP contribution in [0, 0.1) is 5.82 Å². The first-order valence-corrected chi connectivity index (χ1v) is 5.06. The maximum atomic E-state index is 13.3. The van der Waals surface area contributed by atoms with Gasteiger partial charge in [-0.05, 0) is 25.1 Å². The summed E-state index contributed by atoms with van der Waals surface area (Å²) in [5.74, 6) is -0.288. The van der Waals surface area contributed by atoms with E-state index in [1.54, 1.807) is 12.1 Å². The third-order valence-corrected chi connectivity index (χ3v) is 2.69. The summed E-state index contributed by atoms with van der Waals surface area (Å²) in [5, 5.41) is 6.75. The maximum Gasteiger partial charge on any atom is 0.147 e. The number of anilines is 1. The highest BCUT2D eigenvalue weighted by molar-refractivity contribution is 6.33. The summed E-state index contributed by atoms with van der Waals surface area (Å²) in [4.78, 5) is 0. The van der Waals surface area contributed by atoms with Crippen LogP contribution in [0.2, 0.25) is 5.02 Å². The highest BCUT2D eigenvalue weighted by atomic mass is 35.5. The van der Waals surface area contributed by atoms with Crippen molar-refractivity contribution in [1.29, 1.82) is 0 Å². The number of hydrogen-bond donors (Lipinski definition) is 2. The summed E-state index contributed by atoms with van der Waals surface area (Å²) in [5.41, 5.74) is 0.419. The molecule has 1 aromatic carbocycles. The Balaban J connectivity index is 2.14. The minimum absolute atomic E-state index is 0.282. The Labute approximate surface area is 87.5 Å². The van der Waals surface area contributed by atoms with E-state index < -0.39 is 0 Å². The molecule has 0 saturated carbocycles. The smallest absolute Gasteiger partial charge is 0.147 e. The van der Waals surface area contributed by atoms with Gasteiger partial charge in [-0.25, -0.2) is 4.39 Å². The van der Waals surface area contributed by atoms with Gasteiger partial charge in [-0.15, -0.1) is 0 Å².